The molecule has 0 aromatic heterocycles. The van der Waals surface area contributed by atoms with Crippen LogP contribution >= 0.6 is 0 Å². The van der Waals surface area contributed by atoms with E-state index in [1.54, 1.807) is 0 Å². The molecule has 6 nitrogen and oxygen atoms in total. The second-order valence-corrected chi connectivity index (χ2v) is 8.46. The van der Waals surface area contributed by atoms with Crippen LogP contribution in [-0.2, 0) is 4.74 Å². The number of nitrogens with one attached hydrogen (secondary N) is 2. The van der Waals surface area contributed by atoms with Crippen molar-refractivity contribution >= 4 is 5.96 Å². The van der Waals surface area contributed by atoms with Gasteiger partial charge in [0.15, 0.2) is 5.96 Å². The molecule has 1 aromatic rings. The van der Waals surface area contributed by atoms with E-state index in [0.29, 0.717) is 32.6 Å². The Morgan fingerprint density at radius 3 is 2.68 bits per heavy atom. The van der Waals surface area contributed by atoms with Crippen LogP contribution in [0.15, 0.2) is 29.3 Å². The van der Waals surface area contributed by atoms with E-state index in [4.69, 9.17) is 14.5 Å². The Hall–Kier alpha value is -1.79. The predicted octanol–water partition coefficient (Wildman–Crippen LogP) is 2.92. The van der Waals surface area contributed by atoms with Gasteiger partial charge in [-0.3, -0.25) is 4.99 Å². The van der Waals surface area contributed by atoms with E-state index in [9.17, 15) is 5.11 Å². The number of aliphatic hydroxyl groups is 1. The molecule has 1 spiro atoms. The summed E-state index contributed by atoms with van der Waals surface area (Å²) in [6, 6.07) is 8.50. The van der Waals surface area contributed by atoms with Gasteiger partial charge in [0.2, 0.25) is 0 Å². The Balaban J connectivity index is 1.53. The number of hydrogen-bond donors (Lipinski definition) is 3. The molecule has 1 saturated carbocycles. The summed E-state index contributed by atoms with van der Waals surface area (Å²) in [5.74, 6) is 1.75. The van der Waals surface area contributed by atoms with Crippen LogP contribution < -0.4 is 15.4 Å². The van der Waals surface area contributed by atoms with Gasteiger partial charge in [-0.1, -0.05) is 18.2 Å². The van der Waals surface area contributed by atoms with Gasteiger partial charge in [0.25, 0.3) is 0 Å². The summed E-state index contributed by atoms with van der Waals surface area (Å²) in [5.41, 5.74) is 0.374. The molecule has 1 aliphatic carbocycles. The summed E-state index contributed by atoms with van der Waals surface area (Å²) in [7, 11) is 0. The summed E-state index contributed by atoms with van der Waals surface area (Å²) >= 11 is 0. The van der Waals surface area contributed by atoms with Gasteiger partial charge in [0, 0.05) is 44.6 Å². The number of fused-ring (bicyclic) bond motifs is 1. The molecular weight excluding hydrogens is 354 g/mol. The van der Waals surface area contributed by atoms with Crippen LogP contribution in [0.25, 0.3) is 0 Å². The van der Waals surface area contributed by atoms with Gasteiger partial charge in [0.05, 0.1) is 18.2 Å². The molecule has 1 unspecified atom stereocenters. The molecule has 3 aliphatic rings. The Labute approximate surface area is 167 Å². The zero-order valence-corrected chi connectivity index (χ0v) is 16.9. The molecule has 154 valence electrons. The minimum atomic E-state index is -0.763. The van der Waals surface area contributed by atoms with Crippen LogP contribution in [0.2, 0.25) is 0 Å². The molecule has 1 aromatic carbocycles. The number of nitrogens with zero attached hydrogens (tertiary/aromatic N) is 1. The minimum Gasteiger partial charge on any atom is -0.487 e. The number of para-hydroxylation sites is 1. The van der Waals surface area contributed by atoms with Crippen molar-refractivity contribution in [1.82, 2.24) is 10.6 Å². The number of benzene rings is 1. The van der Waals surface area contributed by atoms with Gasteiger partial charge in [-0.05, 0) is 38.7 Å². The van der Waals surface area contributed by atoms with Crippen molar-refractivity contribution in [1.29, 1.82) is 0 Å². The lowest BCUT2D eigenvalue weighted by Gasteiger charge is -2.40. The first-order valence-corrected chi connectivity index (χ1v) is 10.7. The average Bonchev–Trinajstić information content (AvgIpc) is 3.14. The molecule has 0 radical (unpaired) electrons. The number of rotatable bonds is 4. The lowest BCUT2D eigenvalue weighted by atomic mass is 9.86. The van der Waals surface area contributed by atoms with Crippen LogP contribution in [0.1, 0.15) is 63.5 Å². The second-order valence-electron chi connectivity index (χ2n) is 8.46. The fraction of sp³-hybridized carbons (Fsp3) is 0.682. The largest absolute Gasteiger partial charge is 0.487 e. The highest BCUT2D eigenvalue weighted by atomic mass is 16.5. The Kier molecular flexibility index (Phi) is 5.78. The molecule has 0 amide bonds. The van der Waals surface area contributed by atoms with E-state index in [2.05, 4.69) is 35.8 Å². The summed E-state index contributed by atoms with van der Waals surface area (Å²) in [4.78, 5) is 4.74. The van der Waals surface area contributed by atoms with E-state index in [1.807, 2.05) is 6.07 Å². The Morgan fingerprint density at radius 2 is 1.93 bits per heavy atom. The maximum absolute atomic E-state index is 10.8. The van der Waals surface area contributed by atoms with Crippen LogP contribution in [0, 0.1) is 0 Å². The maximum atomic E-state index is 10.8. The third kappa shape index (κ3) is 4.28. The lowest BCUT2D eigenvalue weighted by Crippen LogP contribution is -2.47. The normalized spacial score (nSPS) is 25.8. The molecule has 2 fully saturated rings. The van der Waals surface area contributed by atoms with Gasteiger partial charge in [0.1, 0.15) is 11.4 Å². The summed E-state index contributed by atoms with van der Waals surface area (Å²) in [6.07, 6.45) is 6.93. The zero-order valence-electron chi connectivity index (χ0n) is 16.9. The van der Waals surface area contributed by atoms with Crippen molar-refractivity contribution in [3.63, 3.8) is 0 Å². The van der Waals surface area contributed by atoms with Gasteiger partial charge >= 0.3 is 0 Å². The smallest absolute Gasteiger partial charge is 0.191 e. The van der Waals surface area contributed by atoms with Gasteiger partial charge < -0.3 is 25.2 Å². The molecule has 28 heavy (non-hydrogen) atoms. The lowest BCUT2D eigenvalue weighted by molar-refractivity contribution is -0.0566. The van der Waals surface area contributed by atoms with Gasteiger partial charge in [-0.25, -0.2) is 0 Å². The highest BCUT2D eigenvalue weighted by Crippen LogP contribution is 2.46. The minimum absolute atomic E-state index is 0.0533. The van der Waals surface area contributed by atoms with Crippen LogP contribution in [0.3, 0.4) is 0 Å². The number of ether oxygens (including phenoxy) is 2. The van der Waals surface area contributed by atoms with Gasteiger partial charge in [-0.2, -0.15) is 0 Å². The molecule has 4 rings (SSSR count). The van der Waals surface area contributed by atoms with Gasteiger partial charge in [-0.15, -0.1) is 0 Å². The number of guanidine groups is 1. The van der Waals surface area contributed by atoms with E-state index in [1.165, 1.54) is 18.4 Å². The molecule has 0 bridgehead atoms. The fourth-order valence-electron chi connectivity index (χ4n) is 4.69. The highest BCUT2D eigenvalue weighted by molar-refractivity contribution is 5.80. The monoisotopic (exact) mass is 387 g/mol. The van der Waals surface area contributed by atoms with Crippen molar-refractivity contribution in [3.8, 4) is 5.75 Å². The predicted molar refractivity (Wildman–Crippen MR) is 110 cm³/mol. The molecule has 6 heteroatoms. The van der Waals surface area contributed by atoms with E-state index in [0.717, 1.165) is 37.5 Å². The third-order valence-electron chi connectivity index (χ3n) is 6.32. The number of aliphatic imine (C=N–C) groups is 1. The number of hydrogen-bond acceptors (Lipinski definition) is 4. The molecule has 3 N–H and O–H groups in total. The standard InChI is InChI=1S/C22H33N3O3/c1-2-23-20(24-16-21(26)11-13-27-14-12-21)25-18-15-22(9-5-6-10-22)28-19-8-4-3-7-17(18)19/h3-4,7-8,18,26H,2,5-6,9-16H2,1H3,(H2,23,24,25). The van der Waals surface area contributed by atoms with Crippen molar-refractivity contribution < 1.29 is 14.6 Å². The zero-order chi connectivity index (χ0) is 19.5. The first-order valence-electron chi connectivity index (χ1n) is 10.7. The van der Waals surface area contributed by atoms with Crippen molar-refractivity contribution in [2.45, 2.75) is 69.1 Å². The molecule has 2 heterocycles. The Morgan fingerprint density at radius 1 is 1.18 bits per heavy atom. The van der Waals surface area contributed by atoms with Crippen LogP contribution in [-0.4, -0.2) is 48.6 Å². The average molecular weight is 388 g/mol. The van der Waals surface area contributed by atoms with Crippen molar-refractivity contribution in [3.05, 3.63) is 29.8 Å². The molecular formula is C22H33N3O3. The maximum Gasteiger partial charge on any atom is 0.191 e. The van der Waals surface area contributed by atoms with Crippen molar-refractivity contribution in [2.24, 2.45) is 4.99 Å². The quantitative estimate of drug-likeness (QED) is 0.547. The third-order valence-corrected chi connectivity index (χ3v) is 6.32. The SMILES string of the molecule is CCNC(=NCC1(O)CCOCC1)NC1CC2(CCCC2)Oc2ccccc21. The van der Waals surface area contributed by atoms with Crippen LogP contribution in [0.5, 0.6) is 5.75 Å². The molecule has 2 aliphatic heterocycles. The fourth-order valence-corrected chi connectivity index (χ4v) is 4.69. The second kappa shape index (κ2) is 8.29. The molecule has 1 saturated heterocycles. The topological polar surface area (TPSA) is 75.1 Å². The Bertz CT molecular complexity index is 694. The highest BCUT2D eigenvalue weighted by Gasteiger charge is 2.43. The van der Waals surface area contributed by atoms with E-state index < -0.39 is 5.60 Å². The van der Waals surface area contributed by atoms with E-state index in [-0.39, 0.29) is 11.6 Å². The first kappa shape index (κ1) is 19.5. The van der Waals surface area contributed by atoms with E-state index >= 15 is 0 Å². The first-order chi connectivity index (χ1) is 13.6. The van der Waals surface area contributed by atoms with Crippen molar-refractivity contribution in [2.75, 3.05) is 26.3 Å². The molecule has 1 atom stereocenters. The van der Waals surface area contributed by atoms with Crippen LogP contribution in [0.4, 0.5) is 0 Å². The summed E-state index contributed by atoms with van der Waals surface area (Å²) in [5, 5.41) is 17.7. The summed E-state index contributed by atoms with van der Waals surface area (Å²) < 4.78 is 11.8. The summed E-state index contributed by atoms with van der Waals surface area (Å²) in [6.45, 7) is 4.44.